The maximum atomic E-state index is 13.3. The van der Waals surface area contributed by atoms with Gasteiger partial charge in [0.1, 0.15) is 0 Å². The molecule has 0 bridgehead atoms. The van der Waals surface area contributed by atoms with Crippen molar-refractivity contribution in [2.45, 2.75) is 39.8 Å². The van der Waals surface area contributed by atoms with Crippen LogP contribution in [0, 0.1) is 18.8 Å². The van der Waals surface area contributed by atoms with E-state index < -0.39 is 0 Å². The van der Waals surface area contributed by atoms with Gasteiger partial charge in [0, 0.05) is 57.4 Å². The van der Waals surface area contributed by atoms with Crippen LogP contribution in [-0.2, 0) is 20.9 Å². The number of fused-ring (bicyclic) bond motifs is 1. The Hall–Kier alpha value is -1.86. The molecule has 0 unspecified atom stereocenters. The molecule has 34 heavy (non-hydrogen) atoms. The number of rotatable bonds is 6. The third-order valence-electron chi connectivity index (χ3n) is 6.97. The van der Waals surface area contributed by atoms with E-state index in [2.05, 4.69) is 47.1 Å². The lowest BCUT2D eigenvalue weighted by Gasteiger charge is -2.38. The van der Waals surface area contributed by atoms with Crippen molar-refractivity contribution in [3.05, 3.63) is 58.8 Å². The number of carbonyl (C=O) groups excluding carboxylic acids is 2. The normalized spacial score (nSPS) is 23.0. The molecule has 2 heterocycles. The van der Waals surface area contributed by atoms with Crippen molar-refractivity contribution in [3.63, 3.8) is 0 Å². The average molecular weight is 511 g/mol. The lowest BCUT2D eigenvalue weighted by molar-refractivity contribution is -0.139. The summed E-state index contributed by atoms with van der Waals surface area (Å²) in [7, 11) is 1.41. The zero-order valence-electron chi connectivity index (χ0n) is 20.5. The number of nitrogens with zero attached hydrogens (tertiary/aromatic N) is 3. The van der Waals surface area contributed by atoms with Gasteiger partial charge in [0.15, 0.2) is 0 Å². The molecule has 1 saturated heterocycles. The number of hydrogen-bond donors (Lipinski definition) is 0. The molecule has 2 atom stereocenters. The van der Waals surface area contributed by atoms with E-state index in [1.165, 1.54) is 18.2 Å². The van der Waals surface area contributed by atoms with E-state index in [1.54, 1.807) is 11.1 Å². The number of piperazine rings is 1. The van der Waals surface area contributed by atoms with E-state index in [0.717, 1.165) is 51.3 Å². The van der Waals surface area contributed by atoms with Crippen molar-refractivity contribution in [1.82, 2.24) is 14.7 Å². The highest BCUT2D eigenvalue weighted by atomic mass is 35.5. The van der Waals surface area contributed by atoms with Crippen molar-refractivity contribution >= 4 is 36.7 Å². The topological polar surface area (TPSA) is 53.1 Å². The number of esters is 1. The first kappa shape index (κ1) is 28.4. The Balaban J connectivity index is 0.00000204. The molecule has 188 valence electrons. The number of benzene rings is 1. The zero-order valence-corrected chi connectivity index (χ0v) is 22.2. The quantitative estimate of drug-likeness (QED) is 0.430. The Morgan fingerprint density at radius 3 is 2.32 bits per heavy atom. The van der Waals surface area contributed by atoms with Crippen LogP contribution in [0.4, 0.5) is 0 Å². The van der Waals surface area contributed by atoms with Gasteiger partial charge < -0.3 is 9.64 Å². The second kappa shape index (κ2) is 12.2. The Morgan fingerprint density at radius 2 is 1.74 bits per heavy atom. The van der Waals surface area contributed by atoms with Crippen LogP contribution in [0.5, 0.6) is 0 Å². The minimum Gasteiger partial charge on any atom is -0.466 e. The molecule has 1 aromatic rings. The number of hydrogen-bond acceptors (Lipinski definition) is 5. The van der Waals surface area contributed by atoms with Crippen LogP contribution in [0.2, 0.25) is 0 Å². The summed E-state index contributed by atoms with van der Waals surface area (Å²) in [5, 5.41) is 0. The highest BCUT2D eigenvalue weighted by molar-refractivity contribution is 5.95. The maximum absolute atomic E-state index is 13.3. The summed E-state index contributed by atoms with van der Waals surface area (Å²) in [6, 6.07) is 8.73. The van der Waals surface area contributed by atoms with Gasteiger partial charge >= 0.3 is 5.97 Å². The Morgan fingerprint density at radius 1 is 1.09 bits per heavy atom. The second-order valence-corrected chi connectivity index (χ2v) is 9.56. The molecule has 3 aliphatic rings. The third kappa shape index (κ3) is 6.03. The van der Waals surface area contributed by atoms with Gasteiger partial charge in [-0.2, -0.15) is 0 Å². The molecule has 1 aliphatic carbocycles. The molecule has 0 N–H and O–H groups in total. The summed E-state index contributed by atoms with van der Waals surface area (Å²) in [4.78, 5) is 32.4. The first-order chi connectivity index (χ1) is 15.4. The standard InChI is InChI=1S/C26H35N3O3.2ClH/c1-18(2)29-17-23(26(31)32-4)22-9-8-21(24(22)25(29)30)16-28-12-10-27(11-13-28)15-20-7-5-6-19(3)14-20;;/h5-8,14,17-18,22,24H,9-13,15-16H2,1-4H3;2*1H/t22-,24-;;/m1../s1. The highest BCUT2D eigenvalue weighted by Crippen LogP contribution is 2.42. The predicted molar refractivity (Wildman–Crippen MR) is 139 cm³/mol. The molecule has 8 heteroatoms. The lowest BCUT2D eigenvalue weighted by atomic mass is 9.81. The van der Waals surface area contributed by atoms with Gasteiger partial charge in [-0.25, -0.2) is 4.79 Å². The lowest BCUT2D eigenvalue weighted by Crippen LogP contribution is -2.49. The number of aryl methyl sites for hydroxylation is 1. The first-order valence-corrected chi connectivity index (χ1v) is 11.7. The minimum absolute atomic E-state index is 0. The van der Waals surface area contributed by atoms with Crippen LogP contribution in [0.3, 0.4) is 0 Å². The van der Waals surface area contributed by atoms with Gasteiger partial charge in [0.25, 0.3) is 0 Å². The van der Waals surface area contributed by atoms with Gasteiger partial charge in [-0.05, 0) is 38.3 Å². The molecular formula is C26H37Cl2N3O3. The molecule has 1 aromatic carbocycles. The number of carbonyl (C=O) groups is 2. The molecule has 0 radical (unpaired) electrons. The summed E-state index contributed by atoms with van der Waals surface area (Å²) >= 11 is 0. The van der Waals surface area contributed by atoms with Crippen molar-refractivity contribution in [3.8, 4) is 0 Å². The van der Waals surface area contributed by atoms with Crippen LogP contribution in [0.15, 0.2) is 47.7 Å². The van der Waals surface area contributed by atoms with Gasteiger partial charge in [0.05, 0.1) is 18.6 Å². The summed E-state index contributed by atoms with van der Waals surface area (Å²) in [6.45, 7) is 11.9. The van der Waals surface area contributed by atoms with Crippen LogP contribution >= 0.6 is 24.8 Å². The summed E-state index contributed by atoms with van der Waals surface area (Å²) in [5.74, 6) is -0.554. The molecule has 6 nitrogen and oxygen atoms in total. The minimum atomic E-state index is -0.322. The highest BCUT2D eigenvalue weighted by Gasteiger charge is 2.45. The van der Waals surface area contributed by atoms with Crippen LogP contribution in [0.25, 0.3) is 0 Å². The van der Waals surface area contributed by atoms with Gasteiger partial charge in [-0.3, -0.25) is 14.6 Å². The molecule has 0 saturated carbocycles. The predicted octanol–water partition coefficient (Wildman–Crippen LogP) is 3.83. The van der Waals surface area contributed by atoms with E-state index >= 15 is 0 Å². The maximum Gasteiger partial charge on any atom is 0.335 e. The van der Waals surface area contributed by atoms with Crippen LogP contribution < -0.4 is 0 Å². The molecule has 1 amide bonds. The van der Waals surface area contributed by atoms with Crippen LogP contribution in [0.1, 0.15) is 31.4 Å². The third-order valence-corrected chi connectivity index (χ3v) is 6.97. The Labute approximate surface area is 215 Å². The SMILES string of the molecule is COC(=O)C1=CN(C(C)C)C(=O)[C@@H]2C(CN3CCN(Cc4cccc(C)c4)CC3)=CC[C@H]12.Cl.Cl. The molecule has 1 fully saturated rings. The molecule has 4 rings (SSSR count). The first-order valence-electron chi connectivity index (χ1n) is 11.7. The van der Waals surface area contributed by atoms with Gasteiger partial charge in [-0.1, -0.05) is 35.9 Å². The summed E-state index contributed by atoms with van der Waals surface area (Å²) in [6.07, 6.45) is 4.64. The van der Waals surface area contributed by atoms with Crippen molar-refractivity contribution in [2.75, 3.05) is 39.8 Å². The van der Waals surface area contributed by atoms with E-state index in [1.807, 2.05) is 13.8 Å². The zero-order chi connectivity index (χ0) is 22.8. The van der Waals surface area contributed by atoms with Crippen molar-refractivity contribution in [1.29, 1.82) is 0 Å². The number of allylic oxidation sites excluding steroid dienone is 1. The summed E-state index contributed by atoms with van der Waals surface area (Å²) < 4.78 is 5.03. The van der Waals surface area contributed by atoms with Crippen molar-refractivity contribution < 1.29 is 14.3 Å². The fourth-order valence-electron chi connectivity index (χ4n) is 5.23. The molecule has 0 aromatic heterocycles. The van der Waals surface area contributed by atoms with E-state index in [4.69, 9.17) is 4.74 Å². The van der Waals surface area contributed by atoms with Gasteiger partial charge in [-0.15, -0.1) is 24.8 Å². The van der Waals surface area contributed by atoms with Crippen molar-refractivity contribution in [2.24, 2.45) is 11.8 Å². The van der Waals surface area contributed by atoms with E-state index in [-0.39, 0.29) is 54.6 Å². The Kier molecular flexibility index (Phi) is 10.2. The fraction of sp³-hybridized carbons (Fsp3) is 0.538. The van der Waals surface area contributed by atoms with Gasteiger partial charge in [0.2, 0.25) is 5.91 Å². The molecule has 0 spiro atoms. The fourth-order valence-corrected chi connectivity index (χ4v) is 5.23. The molecule has 2 aliphatic heterocycles. The second-order valence-electron chi connectivity index (χ2n) is 9.56. The smallest absolute Gasteiger partial charge is 0.335 e. The summed E-state index contributed by atoms with van der Waals surface area (Å²) in [5.41, 5.74) is 4.45. The van der Waals surface area contributed by atoms with E-state index in [9.17, 15) is 9.59 Å². The number of ether oxygens (including phenoxy) is 1. The Bertz CT molecular complexity index is 939. The largest absolute Gasteiger partial charge is 0.466 e. The number of methoxy groups -OCH3 is 1. The van der Waals surface area contributed by atoms with E-state index in [0.29, 0.717) is 5.57 Å². The van der Waals surface area contributed by atoms with Crippen LogP contribution in [-0.4, -0.2) is 72.5 Å². The monoisotopic (exact) mass is 509 g/mol. The molecular weight excluding hydrogens is 473 g/mol. The number of halogens is 2. The average Bonchev–Trinajstić information content (AvgIpc) is 3.19. The number of amides is 1.